The van der Waals surface area contributed by atoms with E-state index in [0.717, 1.165) is 5.52 Å². The lowest BCUT2D eigenvalue weighted by Crippen LogP contribution is -2.35. The van der Waals surface area contributed by atoms with Gasteiger partial charge < -0.3 is 15.0 Å². The summed E-state index contributed by atoms with van der Waals surface area (Å²) < 4.78 is 7.25. The van der Waals surface area contributed by atoms with Gasteiger partial charge in [0.1, 0.15) is 18.4 Å². The predicted octanol–water partition coefficient (Wildman–Crippen LogP) is 1.86. The Hall–Kier alpha value is -2.63. The number of benzene rings is 1. The van der Waals surface area contributed by atoms with Crippen LogP contribution in [0.5, 0.6) is 5.75 Å². The van der Waals surface area contributed by atoms with Crippen LogP contribution in [-0.4, -0.2) is 37.0 Å². The summed E-state index contributed by atoms with van der Waals surface area (Å²) in [7, 11) is 5.09. The summed E-state index contributed by atoms with van der Waals surface area (Å²) in [4.78, 5) is 25.4. The number of hydrogen-bond donors (Lipinski definition) is 1. The maximum absolute atomic E-state index is 12.3. The molecule has 2 rings (SSSR count). The van der Waals surface area contributed by atoms with Gasteiger partial charge in [0.05, 0.1) is 5.39 Å². The van der Waals surface area contributed by atoms with E-state index in [4.69, 9.17) is 4.74 Å². The molecule has 2 aromatic rings. The highest BCUT2D eigenvalue weighted by molar-refractivity contribution is 5.98. The fourth-order valence-corrected chi connectivity index (χ4v) is 2.20. The Labute approximate surface area is 135 Å². The van der Waals surface area contributed by atoms with Crippen LogP contribution in [0, 0.1) is 0 Å². The van der Waals surface area contributed by atoms with E-state index in [1.807, 2.05) is 37.6 Å². The van der Waals surface area contributed by atoms with E-state index in [9.17, 15) is 9.59 Å². The van der Waals surface area contributed by atoms with Crippen LogP contribution in [0.3, 0.4) is 0 Å². The van der Waals surface area contributed by atoms with E-state index < -0.39 is 6.09 Å². The zero-order chi connectivity index (χ0) is 17.1. The molecule has 122 valence electrons. The highest BCUT2D eigenvalue weighted by Gasteiger charge is 2.18. The van der Waals surface area contributed by atoms with Crippen molar-refractivity contribution >= 4 is 22.9 Å². The van der Waals surface area contributed by atoms with Gasteiger partial charge in [-0.3, -0.25) is 4.79 Å². The zero-order valence-electron chi connectivity index (χ0n) is 14.1. The SMILES string of the molecule is CC(C)NC(=O)c1cc2c(OC(=O)N(C)C)cccc2[n+](C)c1. The first-order valence-corrected chi connectivity index (χ1v) is 7.42. The summed E-state index contributed by atoms with van der Waals surface area (Å²) in [6, 6.07) is 7.23. The van der Waals surface area contributed by atoms with Crippen molar-refractivity contribution in [3.05, 3.63) is 36.0 Å². The van der Waals surface area contributed by atoms with E-state index >= 15 is 0 Å². The van der Waals surface area contributed by atoms with Crippen molar-refractivity contribution in [2.45, 2.75) is 19.9 Å². The van der Waals surface area contributed by atoms with Gasteiger partial charge in [-0.15, -0.1) is 0 Å². The summed E-state index contributed by atoms with van der Waals surface area (Å²) in [6.07, 6.45) is 1.30. The van der Waals surface area contributed by atoms with Crippen LogP contribution < -0.4 is 14.6 Å². The second kappa shape index (κ2) is 6.64. The summed E-state index contributed by atoms with van der Waals surface area (Å²) >= 11 is 0. The number of nitrogens with zero attached hydrogens (tertiary/aromatic N) is 2. The van der Waals surface area contributed by atoms with Crippen molar-refractivity contribution in [3.8, 4) is 5.75 Å². The molecule has 2 amide bonds. The number of rotatable bonds is 3. The van der Waals surface area contributed by atoms with Gasteiger partial charge in [-0.2, -0.15) is 0 Å². The van der Waals surface area contributed by atoms with Gasteiger partial charge in [-0.25, -0.2) is 9.36 Å². The molecule has 0 aliphatic carbocycles. The van der Waals surface area contributed by atoms with Crippen LogP contribution in [0.25, 0.3) is 10.9 Å². The lowest BCUT2D eigenvalue weighted by atomic mass is 10.1. The molecule has 0 aliphatic rings. The van der Waals surface area contributed by atoms with Crippen LogP contribution in [0.4, 0.5) is 4.79 Å². The van der Waals surface area contributed by atoms with Gasteiger partial charge in [0.25, 0.3) is 5.91 Å². The number of hydrogen-bond acceptors (Lipinski definition) is 3. The number of carbonyl (C=O) groups is 2. The van der Waals surface area contributed by atoms with Gasteiger partial charge in [0.2, 0.25) is 5.52 Å². The molecule has 0 aliphatic heterocycles. The minimum absolute atomic E-state index is 0.0466. The largest absolute Gasteiger partial charge is 0.414 e. The van der Waals surface area contributed by atoms with Crippen LogP contribution in [0.1, 0.15) is 24.2 Å². The minimum atomic E-state index is -0.461. The molecule has 0 bridgehead atoms. The van der Waals surface area contributed by atoms with Crippen molar-refractivity contribution in [3.63, 3.8) is 0 Å². The van der Waals surface area contributed by atoms with Gasteiger partial charge in [0, 0.05) is 26.2 Å². The second-order valence-electron chi connectivity index (χ2n) is 5.92. The topological polar surface area (TPSA) is 62.5 Å². The van der Waals surface area contributed by atoms with Crippen molar-refractivity contribution in [2.75, 3.05) is 14.1 Å². The van der Waals surface area contributed by atoms with Crippen LogP contribution >= 0.6 is 0 Å². The Morgan fingerprint density at radius 1 is 1.26 bits per heavy atom. The molecule has 0 spiro atoms. The third kappa shape index (κ3) is 3.77. The molecule has 23 heavy (non-hydrogen) atoms. The molecular weight excluding hydrogens is 294 g/mol. The van der Waals surface area contributed by atoms with Crippen molar-refractivity contribution in [1.82, 2.24) is 10.2 Å². The Morgan fingerprint density at radius 2 is 1.96 bits per heavy atom. The number of pyridine rings is 1. The first kappa shape index (κ1) is 16.7. The first-order valence-electron chi connectivity index (χ1n) is 7.42. The molecule has 1 aromatic heterocycles. The third-order valence-electron chi connectivity index (χ3n) is 3.30. The Bertz CT molecular complexity index is 754. The molecule has 0 fully saturated rings. The Morgan fingerprint density at radius 3 is 2.57 bits per heavy atom. The number of carbonyl (C=O) groups excluding carboxylic acids is 2. The maximum atomic E-state index is 12.3. The highest BCUT2D eigenvalue weighted by Crippen LogP contribution is 2.24. The van der Waals surface area contributed by atoms with E-state index in [-0.39, 0.29) is 11.9 Å². The Kier molecular flexibility index (Phi) is 4.83. The minimum Gasteiger partial charge on any atom is -0.409 e. The second-order valence-corrected chi connectivity index (χ2v) is 5.92. The fourth-order valence-electron chi connectivity index (χ4n) is 2.20. The van der Waals surface area contributed by atoms with Crippen LogP contribution in [0.2, 0.25) is 0 Å². The average Bonchev–Trinajstić information content (AvgIpc) is 2.47. The van der Waals surface area contributed by atoms with Crippen LogP contribution in [-0.2, 0) is 7.05 Å². The molecule has 0 atom stereocenters. The molecule has 1 N–H and O–H groups in total. The number of aryl methyl sites for hydroxylation is 1. The normalized spacial score (nSPS) is 10.7. The molecule has 0 unspecified atom stereocenters. The van der Waals surface area contributed by atoms with Crippen LogP contribution in [0.15, 0.2) is 30.5 Å². The number of amides is 2. The third-order valence-corrected chi connectivity index (χ3v) is 3.30. The molecule has 0 saturated carbocycles. The average molecular weight is 316 g/mol. The molecule has 0 saturated heterocycles. The van der Waals surface area contributed by atoms with Gasteiger partial charge in [0.15, 0.2) is 6.20 Å². The first-order chi connectivity index (χ1) is 10.8. The lowest BCUT2D eigenvalue weighted by molar-refractivity contribution is -0.645. The lowest BCUT2D eigenvalue weighted by Gasteiger charge is -2.12. The molecule has 6 nitrogen and oxygen atoms in total. The molecular formula is C17H22N3O3+. The summed E-state index contributed by atoms with van der Waals surface area (Å²) in [5.41, 5.74) is 1.39. The van der Waals surface area contributed by atoms with Gasteiger partial charge in [-0.1, -0.05) is 6.07 Å². The van der Waals surface area contributed by atoms with Gasteiger partial charge in [-0.05, 0) is 26.0 Å². The van der Waals surface area contributed by atoms with E-state index in [1.165, 1.54) is 4.90 Å². The number of aromatic nitrogens is 1. The summed E-state index contributed by atoms with van der Waals surface area (Å²) in [5, 5.41) is 3.57. The Balaban J connectivity index is 2.51. The van der Waals surface area contributed by atoms with Crippen molar-refractivity contribution < 1.29 is 18.9 Å². The monoisotopic (exact) mass is 316 g/mol. The highest BCUT2D eigenvalue weighted by atomic mass is 16.6. The fraction of sp³-hybridized carbons (Fsp3) is 0.353. The standard InChI is InChI=1S/C17H21N3O3/c1-11(2)18-16(21)12-9-13-14(20(5)10-12)7-6-8-15(13)23-17(22)19(3)4/h6-11H,1-5H3/p+1. The molecule has 0 radical (unpaired) electrons. The molecule has 1 heterocycles. The van der Waals surface area contributed by atoms with E-state index in [2.05, 4.69) is 5.32 Å². The summed E-state index contributed by atoms with van der Waals surface area (Å²) in [5.74, 6) is 0.266. The number of fused-ring (bicyclic) bond motifs is 1. The quantitative estimate of drug-likeness (QED) is 0.879. The summed E-state index contributed by atoms with van der Waals surface area (Å²) in [6.45, 7) is 3.81. The molecule has 1 aromatic carbocycles. The van der Waals surface area contributed by atoms with Crippen molar-refractivity contribution in [2.24, 2.45) is 7.05 Å². The van der Waals surface area contributed by atoms with E-state index in [0.29, 0.717) is 16.7 Å². The van der Waals surface area contributed by atoms with Gasteiger partial charge >= 0.3 is 6.09 Å². The van der Waals surface area contributed by atoms with E-state index in [1.54, 1.807) is 32.4 Å². The smallest absolute Gasteiger partial charge is 0.409 e. The number of ether oxygens (including phenoxy) is 1. The number of nitrogens with one attached hydrogen (secondary N) is 1. The molecule has 6 heteroatoms. The van der Waals surface area contributed by atoms with Crippen molar-refractivity contribution in [1.29, 1.82) is 0 Å². The zero-order valence-corrected chi connectivity index (χ0v) is 14.1. The maximum Gasteiger partial charge on any atom is 0.414 e. The predicted molar refractivity (Wildman–Crippen MR) is 87.4 cm³/mol.